The Kier molecular flexibility index (Phi) is 9.57. The number of aromatic nitrogens is 3. The number of phenols is 1. The van der Waals surface area contributed by atoms with E-state index in [0.717, 1.165) is 24.3 Å². The number of carbonyl (C=O) groups excluding carboxylic acids is 1. The number of thioether (sulfide) groups is 1. The van der Waals surface area contributed by atoms with Crippen molar-refractivity contribution in [3.05, 3.63) is 42.0 Å². The lowest BCUT2D eigenvalue weighted by molar-refractivity contribution is -0.118. The fourth-order valence-electron chi connectivity index (χ4n) is 3.63. The number of nitrogens with zero attached hydrogens (tertiary/aromatic N) is 5. The third-order valence-electron chi connectivity index (χ3n) is 5.54. The number of hydrogen-bond acceptors (Lipinski definition) is 9. The minimum Gasteiger partial charge on any atom is -0.507 e. The van der Waals surface area contributed by atoms with Crippen molar-refractivity contribution in [3.8, 4) is 28.6 Å². The number of ether oxygens (including phenoxy) is 2. The summed E-state index contributed by atoms with van der Waals surface area (Å²) in [5.41, 5.74) is 4.77. The number of nitrogens with one attached hydrogen (secondary N) is 1. The normalized spacial score (nSPS) is 11.0. The first-order chi connectivity index (χ1) is 17.4. The Morgan fingerprint density at radius 3 is 2.50 bits per heavy atom. The number of rotatable bonds is 12. The van der Waals surface area contributed by atoms with E-state index >= 15 is 0 Å². The van der Waals surface area contributed by atoms with E-state index < -0.39 is 0 Å². The van der Waals surface area contributed by atoms with Crippen LogP contribution in [0.5, 0.6) is 17.2 Å². The summed E-state index contributed by atoms with van der Waals surface area (Å²) in [6, 6.07) is 10.9. The smallest absolute Gasteiger partial charge is 0.250 e. The maximum absolute atomic E-state index is 12.3. The van der Waals surface area contributed by atoms with Crippen molar-refractivity contribution >= 4 is 29.6 Å². The van der Waals surface area contributed by atoms with Crippen LogP contribution >= 0.6 is 11.8 Å². The maximum atomic E-state index is 12.3. The van der Waals surface area contributed by atoms with Gasteiger partial charge in [-0.1, -0.05) is 11.8 Å². The van der Waals surface area contributed by atoms with Gasteiger partial charge in [-0.05, 0) is 51.1 Å². The van der Waals surface area contributed by atoms with Gasteiger partial charge in [0, 0.05) is 42.5 Å². The van der Waals surface area contributed by atoms with Gasteiger partial charge >= 0.3 is 0 Å². The van der Waals surface area contributed by atoms with Crippen LogP contribution in [0.25, 0.3) is 11.4 Å². The molecule has 11 heteroatoms. The number of benzene rings is 2. The summed E-state index contributed by atoms with van der Waals surface area (Å²) >= 11 is 1.26. The third-order valence-corrected chi connectivity index (χ3v) is 6.51. The zero-order chi connectivity index (χ0) is 26.1. The number of hydrogen-bond donors (Lipinski definition) is 2. The molecule has 10 nitrogen and oxygen atoms in total. The van der Waals surface area contributed by atoms with Gasteiger partial charge in [0.15, 0.2) is 22.5 Å². The Morgan fingerprint density at radius 2 is 1.86 bits per heavy atom. The molecule has 0 fully saturated rings. The summed E-state index contributed by atoms with van der Waals surface area (Å²) in [6.07, 6.45) is 1.42. The number of phenolic OH excluding ortho intramolecular Hbond substituents is 1. The fourth-order valence-corrected chi connectivity index (χ4v) is 4.43. The first-order valence-corrected chi connectivity index (χ1v) is 12.6. The molecule has 2 aromatic carbocycles. The topological polar surface area (TPSA) is 114 Å². The first-order valence-electron chi connectivity index (χ1n) is 11.6. The van der Waals surface area contributed by atoms with Crippen molar-refractivity contribution in [1.29, 1.82) is 0 Å². The molecule has 0 saturated carbocycles. The molecule has 3 rings (SSSR count). The minimum atomic E-state index is -0.297. The second-order valence-corrected chi connectivity index (χ2v) is 8.56. The summed E-state index contributed by atoms with van der Waals surface area (Å²) < 4.78 is 12.6. The lowest BCUT2D eigenvalue weighted by Gasteiger charge is -2.21. The Hall–Kier alpha value is -3.73. The number of methoxy groups -OCH3 is 2. The Morgan fingerprint density at radius 1 is 1.11 bits per heavy atom. The molecule has 2 N–H and O–H groups in total. The second-order valence-electron chi connectivity index (χ2n) is 7.62. The van der Waals surface area contributed by atoms with Crippen molar-refractivity contribution < 1.29 is 19.4 Å². The molecule has 1 heterocycles. The minimum absolute atomic E-state index is 0.102. The van der Waals surface area contributed by atoms with Crippen molar-refractivity contribution in [2.24, 2.45) is 5.10 Å². The number of hydrazone groups is 1. The quantitative estimate of drug-likeness (QED) is 0.214. The molecule has 0 bridgehead atoms. The lowest BCUT2D eigenvalue weighted by Crippen LogP contribution is -2.21. The molecule has 0 saturated heterocycles. The van der Waals surface area contributed by atoms with E-state index in [0.29, 0.717) is 34.6 Å². The van der Waals surface area contributed by atoms with Gasteiger partial charge in [-0.15, -0.1) is 10.2 Å². The van der Waals surface area contributed by atoms with E-state index in [9.17, 15) is 9.90 Å². The summed E-state index contributed by atoms with van der Waals surface area (Å²) in [5.74, 6) is 1.81. The first kappa shape index (κ1) is 26.9. The van der Waals surface area contributed by atoms with Crippen LogP contribution in [0.15, 0.2) is 46.7 Å². The molecule has 36 heavy (non-hydrogen) atoms. The Labute approximate surface area is 215 Å². The van der Waals surface area contributed by atoms with E-state index in [2.05, 4.69) is 39.5 Å². The van der Waals surface area contributed by atoms with Crippen LogP contribution in [0.4, 0.5) is 5.69 Å². The Bertz CT molecular complexity index is 1210. The molecule has 0 atom stereocenters. The standard InChI is InChI=1S/C25H32N6O4S/c1-6-30(7-2)19-11-9-18(20(32)14-19)15-26-27-23(33)16-36-25-29-28-24(31(25)8-3)17-10-12-21(34-4)22(13-17)35-5/h9-15,32H,6-8,16H2,1-5H3,(H,27,33)/b26-15+. The van der Waals surface area contributed by atoms with Crippen molar-refractivity contribution in [2.45, 2.75) is 32.5 Å². The van der Waals surface area contributed by atoms with Crippen LogP contribution < -0.4 is 19.8 Å². The second kappa shape index (κ2) is 12.8. The van der Waals surface area contributed by atoms with Crippen LogP contribution in [-0.4, -0.2) is 65.1 Å². The predicted octanol–water partition coefficient (Wildman–Crippen LogP) is 3.78. The molecule has 192 valence electrons. The van der Waals surface area contributed by atoms with Gasteiger partial charge < -0.3 is 24.0 Å². The Balaban J connectivity index is 1.62. The number of amides is 1. The van der Waals surface area contributed by atoms with E-state index in [1.807, 2.05) is 35.8 Å². The molecule has 0 aliphatic carbocycles. The van der Waals surface area contributed by atoms with Gasteiger partial charge in [0.1, 0.15) is 5.75 Å². The molecule has 0 aliphatic rings. The number of carbonyl (C=O) groups is 1. The molecule has 1 aromatic heterocycles. The molecule has 0 radical (unpaired) electrons. The average molecular weight is 513 g/mol. The monoisotopic (exact) mass is 512 g/mol. The van der Waals surface area contributed by atoms with Crippen molar-refractivity contribution in [2.75, 3.05) is 38.0 Å². The molecular formula is C25H32N6O4S. The van der Waals surface area contributed by atoms with Crippen LogP contribution in [0.1, 0.15) is 26.3 Å². The average Bonchev–Trinajstić information content (AvgIpc) is 3.31. The zero-order valence-electron chi connectivity index (χ0n) is 21.2. The maximum Gasteiger partial charge on any atom is 0.250 e. The summed E-state index contributed by atoms with van der Waals surface area (Å²) in [5, 5.41) is 23.5. The van der Waals surface area contributed by atoms with Gasteiger partial charge in [-0.2, -0.15) is 5.10 Å². The number of aromatic hydroxyl groups is 1. The molecule has 1 amide bonds. The highest BCUT2D eigenvalue weighted by molar-refractivity contribution is 7.99. The lowest BCUT2D eigenvalue weighted by atomic mass is 10.2. The van der Waals surface area contributed by atoms with Crippen LogP contribution in [0.2, 0.25) is 0 Å². The SMILES string of the molecule is CCN(CC)c1ccc(/C=N/NC(=O)CSc2nnc(-c3ccc(OC)c(OC)c3)n2CC)c(O)c1. The van der Waals surface area contributed by atoms with Crippen LogP contribution in [0, 0.1) is 0 Å². The van der Waals surface area contributed by atoms with E-state index in [-0.39, 0.29) is 17.4 Å². The van der Waals surface area contributed by atoms with Crippen LogP contribution in [-0.2, 0) is 11.3 Å². The van der Waals surface area contributed by atoms with Crippen LogP contribution in [0.3, 0.4) is 0 Å². The highest BCUT2D eigenvalue weighted by Crippen LogP contribution is 2.32. The van der Waals surface area contributed by atoms with Gasteiger partial charge in [0.05, 0.1) is 26.2 Å². The molecule has 0 unspecified atom stereocenters. The molecular weight excluding hydrogens is 480 g/mol. The fraction of sp³-hybridized carbons (Fsp3) is 0.360. The van der Waals surface area contributed by atoms with Gasteiger partial charge in [0.25, 0.3) is 5.91 Å². The van der Waals surface area contributed by atoms with E-state index in [4.69, 9.17) is 9.47 Å². The summed E-state index contributed by atoms with van der Waals surface area (Å²) in [6.45, 7) is 8.42. The van der Waals surface area contributed by atoms with E-state index in [1.54, 1.807) is 26.4 Å². The van der Waals surface area contributed by atoms with Gasteiger partial charge in [-0.25, -0.2) is 5.43 Å². The van der Waals surface area contributed by atoms with E-state index in [1.165, 1.54) is 18.0 Å². The zero-order valence-corrected chi connectivity index (χ0v) is 22.0. The molecule has 3 aromatic rings. The highest BCUT2D eigenvalue weighted by atomic mass is 32.2. The molecule has 0 aliphatic heterocycles. The van der Waals surface area contributed by atoms with Crippen molar-refractivity contribution in [3.63, 3.8) is 0 Å². The van der Waals surface area contributed by atoms with Gasteiger partial charge in [-0.3, -0.25) is 4.79 Å². The largest absolute Gasteiger partial charge is 0.507 e. The predicted molar refractivity (Wildman–Crippen MR) is 142 cm³/mol. The van der Waals surface area contributed by atoms with Crippen molar-refractivity contribution in [1.82, 2.24) is 20.2 Å². The third kappa shape index (κ3) is 6.28. The summed E-state index contributed by atoms with van der Waals surface area (Å²) in [7, 11) is 3.17. The highest BCUT2D eigenvalue weighted by Gasteiger charge is 2.16. The van der Waals surface area contributed by atoms with Gasteiger partial charge in [0.2, 0.25) is 0 Å². The number of anilines is 1. The molecule has 0 spiro atoms. The summed E-state index contributed by atoms with van der Waals surface area (Å²) in [4.78, 5) is 14.5.